The van der Waals surface area contributed by atoms with Gasteiger partial charge in [-0.3, -0.25) is 4.90 Å². The van der Waals surface area contributed by atoms with Crippen molar-refractivity contribution in [3.8, 4) is 11.4 Å². The second kappa shape index (κ2) is 10.9. The number of hydrogen-bond acceptors (Lipinski definition) is 6. The Balaban J connectivity index is 0.00000256. The fraction of sp³-hybridized carbons (Fsp3) is 0.350. The van der Waals surface area contributed by atoms with Gasteiger partial charge >= 0.3 is 0 Å². The molecule has 0 unspecified atom stereocenters. The number of rotatable bonds is 7. The van der Waals surface area contributed by atoms with Gasteiger partial charge in [0, 0.05) is 31.6 Å². The maximum atomic E-state index is 6.35. The van der Waals surface area contributed by atoms with E-state index in [4.69, 9.17) is 32.7 Å². The molecule has 0 amide bonds. The van der Waals surface area contributed by atoms with Gasteiger partial charge in [0.2, 0.25) is 0 Å². The van der Waals surface area contributed by atoms with Crippen molar-refractivity contribution in [1.29, 1.82) is 0 Å². The van der Waals surface area contributed by atoms with E-state index in [2.05, 4.69) is 20.4 Å². The van der Waals surface area contributed by atoms with Gasteiger partial charge in [0.1, 0.15) is 12.4 Å². The van der Waals surface area contributed by atoms with Crippen molar-refractivity contribution >= 4 is 35.6 Å². The first-order chi connectivity index (χ1) is 14.2. The lowest BCUT2D eigenvalue weighted by atomic mass is 10.1. The lowest BCUT2D eigenvalue weighted by Crippen LogP contribution is -2.38. The van der Waals surface area contributed by atoms with Gasteiger partial charge in [-0.15, -0.1) is 17.5 Å². The predicted molar refractivity (Wildman–Crippen MR) is 118 cm³/mol. The van der Waals surface area contributed by atoms with Crippen LogP contribution < -0.4 is 4.74 Å². The van der Waals surface area contributed by atoms with E-state index in [9.17, 15) is 0 Å². The number of ether oxygens (including phenoxy) is 2. The summed E-state index contributed by atoms with van der Waals surface area (Å²) in [5.74, 6) is 1.48. The zero-order valence-corrected chi connectivity index (χ0v) is 18.5. The van der Waals surface area contributed by atoms with Crippen LogP contribution in [0.25, 0.3) is 5.69 Å². The molecule has 10 heteroatoms. The highest BCUT2D eigenvalue weighted by Crippen LogP contribution is 2.29. The molecule has 0 saturated carbocycles. The van der Waals surface area contributed by atoms with Crippen molar-refractivity contribution < 1.29 is 9.47 Å². The van der Waals surface area contributed by atoms with Crippen molar-refractivity contribution in [2.75, 3.05) is 39.5 Å². The fourth-order valence-corrected chi connectivity index (χ4v) is 3.61. The second-order valence-electron chi connectivity index (χ2n) is 6.67. The molecule has 160 valence electrons. The molecule has 0 N–H and O–H groups in total. The average molecular weight is 471 g/mol. The first-order valence-corrected chi connectivity index (χ1v) is 10.2. The van der Waals surface area contributed by atoms with Gasteiger partial charge < -0.3 is 9.47 Å². The van der Waals surface area contributed by atoms with E-state index in [1.165, 1.54) is 0 Å². The first kappa shape index (κ1) is 22.8. The molecule has 0 radical (unpaired) electrons. The van der Waals surface area contributed by atoms with E-state index in [-0.39, 0.29) is 12.4 Å². The quantitative estimate of drug-likeness (QED) is 0.525. The van der Waals surface area contributed by atoms with Crippen LogP contribution >= 0.6 is 35.6 Å². The maximum absolute atomic E-state index is 6.35. The van der Waals surface area contributed by atoms with Crippen LogP contribution in [0.5, 0.6) is 5.75 Å². The molecular formula is C20H22Cl3N5O2. The number of morpholine rings is 1. The summed E-state index contributed by atoms with van der Waals surface area (Å²) in [5.41, 5.74) is 1.65. The second-order valence-corrected chi connectivity index (χ2v) is 7.45. The van der Waals surface area contributed by atoms with Crippen LogP contribution in [0.15, 0.2) is 42.5 Å². The van der Waals surface area contributed by atoms with Gasteiger partial charge in [-0.2, -0.15) is 4.68 Å². The molecule has 1 aliphatic rings. The zero-order chi connectivity index (χ0) is 20.1. The number of para-hydroxylation sites is 1. The Labute approximate surface area is 191 Å². The molecule has 2 heterocycles. The molecule has 0 aliphatic carbocycles. The molecule has 0 spiro atoms. The van der Waals surface area contributed by atoms with Gasteiger partial charge in [-0.05, 0) is 28.6 Å². The zero-order valence-electron chi connectivity index (χ0n) is 16.2. The third-order valence-corrected chi connectivity index (χ3v) is 5.59. The van der Waals surface area contributed by atoms with Gasteiger partial charge in [-0.25, -0.2) is 0 Å². The molecule has 7 nitrogen and oxygen atoms in total. The summed E-state index contributed by atoms with van der Waals surface area (Å²) in [4.78, 5) is 2.34. The molecule has 0 atom stereocenters. The first-order valence-electron chi connectivity index (χ1n) is 9.45. The van der Waals surface area contributed by atoms with Crippen LogP contribution in [0.2, 0.25) is 10.0 Å². The van der Waals surface area contributed by atoms with E-state index < -0.39 is 0 Å². The normalized spacial score (nSPS) is 14.3. The molecule has 2 aromatic carbocycles. The summed E-state index contributed by atoms with van der Waals surface area (Å²) >= 11 is 12.5. The molecule has 30 heavy (non-hydrogen) atoms. The molecule has 1 fully saturated rings. The highest BCUT2D eigenvalue weighted by atomic mass is 35.5. The summed E-state index contributed by atoms with van der Waals surface area (Å²) < 4.78 is 13.1. The minimum Gasteiger partial charge on any atom is -0.492 e. The lowest BCUT2D eigenvalue weighted by molar-refractivity contribution is 0.0322. The van der Waals surface area contributed by atoms with Crippen LogP contribution in [-0.2, 0) is 11.2 Å². The number of hydrogen-bond donors (Lipinski definition) is 0. The Kier molecular flexibility index (Phi) is 8.30. The van der Waals surface area contributed by atoms with Crippen molar-refractivity contribution in [1.82, 2.24) is 25.1 Å². The molecule has 0 bridgehead atoms. The van der Waals surface area contributed by atoms with E-state index in [0.29, 0.717) is 34.6 Å². The molecule has 1 aliphatic heterocycles. The molecular weight excluding hydrogens is 449 g/mol. The van der Waals surface area contributed by atoms with Crippen molar-refractivity contribution in [3.63, 3.8) is 0 Å². The predicted octanol–water partition coefficient (Wildman–Crippen LogP) is 3.69. The maximum Gasteiger partial charge on any atom is 0.161 e. The minimum atomic E-state index is 0. The summed E-state index contributed by atoms with van der Waals surface area (Å²) in [7, 11) is 0. The third-order valence-electron chi connectivity index (χ3n) is 4.78. The number of aromatic nitrogens is 4. The van der Waals surface area contributed by atoms with E-state index in [0.717, 1.165) is 44.2 Å². The van der Waals surface area contributed by atoms with Gasteiger partial charge in [0.15, 0.2) is 5.82 Å². The number of benzene rings is 2. The van der Waals surface area contributed by atoms with Gasteiger partial charge in [-0.1, -0.05) is 47.5 Å². The monoisotopic (exact) mass is 469 g/mol. The van der Waals surface area contributed by atoms with Crippen LogP contribution in [0.4, 0.5) is 0 Å². The Hall–Kier alpha value is -1.90. The summed E-state index contributed by atoms with van der Waals surface area (Å²) in [6, 6.07) is 13.3. The number of tetrazole rings is 1. The van der Waals surface area contributed by atoms with E-state index in [1.54, 1.807) is 10.7 Å². The van der Waals surface area contributed by atoms with E-state index in [1.807, 2.05) is 36.4 Å². The summed E-state index contributed by atoms with van der Waals surface area (Å²) in [6.45, 7) is 4.94. The highest BCUT2D eigenvalue weighted by molar-refractivity contribution is 6.43. The van der Waals surface area contributed by atoms with Gasteiger partial charge in [0.25, 0.3) is 0 Å². The SMILES string of the molecule is Cl.Clc1cccc(-n2nnnc2Cc2ccccc2OCCN2CCOCC2)c1Cl. The van der Waals surface area contributed by atoms with Crippen LogP contribution in [0.3, 0.4) is 0 Å². The standard InChI is InChI=1S/C20H21Cl2N5O2.ClH/c21-16-5-3-6-17(20(16)22)27-19(23-24-25-27)14-15-4-1-2-7-18(15)29-13-10-26-8-11-28-12-9-26;/h1-7H,8-14H2;1H. The number of halogens is 3. The van der Waals surface area contributed by atoms with Crippen LogP contribution in [-0.4, -0.2) is 64.6 Å². The molecule has 1 saturated heterocycles. The van der Waals surface area contributed by atoms with Crippen molar-refractivity contribution in [2.24, 2.45) is 0 Å². The Morgan fingerprint density at radius 1 is 1.03 bits per heavy atom. The molecule has 3 aromatic rings. The highest BCUT2D eigenvalue weighted by Gasteiger charge is 2.16. The molecule has 4 rings (SSSR count). The summed E-state index contributed by atoms with van der Waals surface area (Å²) in [5, 5.41) is 13.0. The number of nitrogens with zero attached hydrogens (tertiary/aromatic N) is 5. The lowest BCUT2D eigenvalue weighted by Gasteiger charge is -2.26. The van der Waals surface area contributed by atoms with Crippen LogP contribution in [0, 0.1) is 0 Å². The average Bonchev–Trinajstić information content (AvgIpc) is 3.20. The topological polar surface area (TPSA) is 65.3 Å². The van der Waals surface area contributed by atoms with Crippen LogP contribution in [0.1, 0.15) is 11.4 Å². The fourth-order valence-electron chi connectivity index (χ4n) is 3.23. The summed E-state index contributed by atoms with van der Waals surface area (Å²) in [6.07, 6.45) is 0.504. The van der Waals surface area contributed by atoms with E-state index >= 15 is 0 Å². The van der Waals surface area contributed by atoms with Crippen molar-refractivity contribution in [3.05, 3.63) is 63.9 Å². The largest absolute Gasteiger partial charge is 0.492 e. The molecule has 1 aromatic heterocycles. The Morgan fingerprint density at radius 3 is 2.67 bits per heavy atom. The Bertz CT molecular complexity index is 963. The smallest absolute Gasteiger partial charge is 0.161 e. The van der Waals surface area contributed by atoms with Gasteiger partial charge in [0.05, 0.1) is 28.9 Å². The third kappa shape index (κ3) is 5.42. The van der Waals surface area contributed by atoms with Crippen molar-refractivity contribution in [2.45, 2.75) is 6.42 Å². The minimum absolute atomic E-state index is 0. The Morgan fingerprint density at radius 2 is 1.83 bits per heavy atom.